The van der Waals surface area contributed by atoms with E-state index in [2.05, 4.69) is 19.2 Å². The Morgan fingerprint density at radius 2 is 1.96 bits per heavy atom. The van der Waals surface area contributed by atoms with Crippen LogP contribution in [0.15, 0.2) is 24.3 Å². The van der Waals surface area contributed by atoms with Gasteiger partial charge in [0.05, 0.1) is 5.37 Å². The third kappa shape index (κ3) is 3.39. The zero-order chi connectivity index (χ0) is 16.6. The van der Waals surface area contributed by atoms with Crippen molar-refractivity contribution in [3.05, 3.63) is 35.4 Å². The third-order valence-electron chi connectivity index (χ3n) is 4.44. The Hall–Kier alpha value is -1.49. The lowest BCUT2D eigenvalue weighted by Gasteiger charge is -2.31. The van der Waals surface area contributed by atoms with Crippen molar-refractivity contribution in [1.29, 1.82) is 0 Å². The zero-order valence-corrected chi connectivity index (χ0v) is 14.7. The molecule has 1 aliphatic heterocycles. The van der Waals surface area contributed by atoms with Gasteiger partial charge in [-0.1, -0.05) is 32.0 Å². The van der Waals surface area contributed by atoms with Crippen molar-refractivity contribution in [2.45, 2.75) is 51.1 Å². The van der Waals surface area contributed by atoms with Gasteiger partial charge in [-0.2, -0.15) is 0 Å². The second kappa shape index (κ2) is 6.56. The molecular weight excluding hydrogens is 308 g/mol. The van der Waals surface area contributed by atoms with Gasteiger partial charge >= 0.3 is 0 Å². The highest BCUT2D eigenvalue weighted by Crippen LogP contribution is 2.36. The maximum absolute atomic E-state index is 13.1. The summed E-state index contributed by atoms with van der Waals surface area (Å²) in [6.07, 6.45) is 2.12. The Morgan fingerprint density at radius 1 is 1.26 bits per heavy atom. The number of nitrogens with zero attached hydrogens (tertiary/aromatic N) is 1. The van der Waals surface area contributed by atoms with Crippen LogP contribution in [0, 0.1) is 12.8 Å². The van der Waals surface area contributed by atoms with Gasteiger partial charge in [0.15, 0.2) is 0 Å². The maximum Gasteiger partial charge on any atom is 0.255 e. The molecule has 1 aliphatic carbocycles. The van der Waals surface area contributed by atoms with E-state index in [1.807, 2.05) is 36.1 Å². The summed E-state index contributed by atoms with van der Waals surface area (Å²) >= 11 is 1.72. The lowest BCUT2D eigenvalue weighted by Crippen LogP contribution is -2.51. The van der Waals surface area contributed by atoms with E-state index < -0.39 is 0 Å². The Balaban J connectivity index is 1.87. The minimum atomic E-state index is -0.361. The van der Waals surface area contributed by atoms with Gasteiger partial charge in [-0.05, 0) is 37.3 Å². The molecule has 124 valence electrons. The van der Waals surface area contributed by atoms with Crippen molar-refractivity contribution in [1.82, 2.24) is 10.2 Å². The van der Waals surface area contributed by atoms with Crippen molar-refractivity contribution in [3.63, 3.8) is 0 Å². The Labute approximate surface area is 142 Å². The topological polar surface area (TPSA) is 49.4 Å². The van der Waals surface area contributed by atoms with E-state index in [4.69, 9.17) is 0 Å². The predicted molar refractivity (Wildman–Crippen MR) is 93.4 cm³/mol. The van der Waals surface area contributed by atoms with E-state index in [1.165, 1.54) is 0 Å². The van der Waals surface area contributed by atoms with Gasteiger partial charge < -0.3 is 10.2 Å². The van der Waals surface area contributed by atoms with Crippen LogP contribution < -0.4 is 5.32 Å². The fraction of sp³-hybridized carbons (Fsp3) is 0.556. The second-order valence-corrected chi connectivity index (χ2v) is 7.94. The molecule has 0 spiro atoms. The molecule has 1 saturated heterocycles. The molecule has 0 radical (unpaired) electrons. The molecule has 1 saturated carbocycles. The van der Waals surface area contributed by atoms with Crippen molar-refractivity contribution in [3.8, 4) is 0 Å². The van der Waals surface area contributed by atoms with Crippen molar-refractivity contribution >= 4 is 23.6 Å². The van der Waals surface area contributed by atoms with Crippen molar-refractivity contribution in [2.75, 3.05) is 5.75 Å². The SMILES string of the molecule is Cc1ccccc1C(=O)N1C(C(=O)NC2CC2)CSC1C(C)C. The fourth-order valence-corrected chi connectivity index (χ4v) is 4.46. The van der Waals surface area contributed by atoms with Gasteiger partial charge in [-0.15, -0.1) is 11.8 Å². The summed E-state index contributed by atoms with van der Waals surface area (Å²) in [7, 11) is 0. The lowest BCUT2D eigenvalue weighted by molar-refractivity contribution is -0.125. The van der Waals surface area contributed by atoms with Gasteiger partial charge in [0.1, 0.15) is 6.04 Å². The number of thioether (sulfide) groups is 1. The fourth-order valence-electron chi connectivity index (χ4n) is 2.98. The standard InChI is InChI=1S/C18H24N2O2S/c1-11(2)18-20(17(22)14-7-5-4-6-12(14)3)15(10-23-18)16(21)19-13-8-9-13/h4-7,11,13,15,18H,8-10H2,1-3H3,(H,19,21). The van der Waals surface area contributed by atoms with Gasteiger partial charge in [-0.25, -0.2) is 0 Å². The molecule has 0 bridgehead atoms. The highest BCUT2D eigenvalue weighted by Gasteiger charge is 2.44. The maximum atomic E-state index is 13.1. The molecule has 1 heterocycles. The highest BCUT2D eigenvalue weighted by molar-refractivity contribution is 8.00. The molecule has 23 heavy (non-hydrogen) atoms. The number of aryl methyl sites for hydroxylation is 1. The van der Waals surface area contributed by atoms with Crippen LogP contribution in [-0.4, -0.2) is 39.9 Å². The first kappa shape index (κ1) is 16.4. The first-order valence-corrected chi connectivity index (χ1v) is 9.34. The van der Waals surface area contributed by atoms with E-state index in [1.54, 1.807) is 11.8 Å². The normalized spacial score (nSPS) is 24.1. The summed E-state index contributed by atoms with van der Waals surface area (Å²) in [5, 5.41) is 3.11. The number of hydrogen-bond acceptors (Lipinski definition) is 3. The summed E-state index contributed by atoms with van der Waals surface area (Å²) < 4.78 is 0. The molecule has 2 aliphatic rings. The molecular formula is C18H24N2O2S. The Morgan fingerprint density at radius 3 is 2.57 bits per heavy atom. The second-order valence-electron chi connectivity index (χ2n) is 6.79. The van der Waals surface area contributed by atoms with Gasteiger partial charge in [0.25, 0.3) is 5.91 Å². The average Bonchev–Trinajstić information content (AvgIpc) is 3.20. The summed E-state index contributed by atoms with van der Waals surface area (Å²) in [4.78, 5) is 27.5. The van der Waals surface area contributed by atoms with Crippen LogP contribution in [0.1, 0.15) is 42.6 Å². The minimum absolute atomic E-state index is 0.00471. The van der Waals surface area contributed by atoms with Crippen LogP contribution in [0.3, 0.4) is 0 Å². The van der Waals surface area contributed by atoms with Crippen LogP contribution in [0.5, 0.6) is 0 Å². The Kier molecular flexibility index (Phi) is 4.67. The van der Waals surface area contributed by atoms with E-state index in [-0.39, 0.29) is 23.2 Å². The number of nitrogens with one attached hydrogen (secondary N) is 1. The number of hydrogen-bond donors (Lipinski definition) is 1. The zero-order valence-electron chi connectivity index (χ0n) is 13.9. The summed E-state index contributed by atoms with van der Waals surface area (Å²) in [6, 6.07) is 7.57. The molecule has 2 fully saturated rings. The van der Waals surface area contributed by atoms with E-state index in [0.717, 1.165) is 18.4 Å². The van der Waals surface area contributed by atoms with Crippen LogP contribution in [0.4, 0.5) is 0 Å². The molecule has 5 heteroatoms. The molecule has 1 N–H and O–H groups in total. The number of rotatable bonds is 4. The van der Waals surface area contributed by atoms with E-state index in [9.17, 15) is 9.59 Å². The van der Waals surface area contributed by atoms with Crippen LogP contribution >= 0.6 is 11.8 Å². The number of carbonyl (C=O) groups excluding carboxylic acids is 2. The summed E-state index contributed by atoms with van der Waals surface area (Å²) in [5.41, 5.74) is 1.66. The van der Waals surface area contributed by atoms with Crippen LogP contribution in [-0.2, 0) is 4.79 Å². The highest BCUT2D eigenvalue weighted by atomic mass is 32.2. The molecule has 1 aromatic rings. The number of carbonyl (C=O) groups is 2. The number of amides is 2. The molecule has 2 unspecified atom stereocenters. The monoisotopic (exact) mass is 332 g/mol. The van der Waals surface area contributed by atoms with Gasteiger partial charge in [0.2, 0.25) is 5.91 Å². The summed E-state index contributed by atoms with van der Waals surface area (Å²) in [5.74, 6) is 0.971. The average molecular weight is 332 g/mol. The van der Waals surface area contributed by atoms with Crippen molar-refractivity contribution in [2.24, 2.45) is 5.92 Å². The largest absolute Gasteiger partial charge is 0.352 e. The lowest BCUT2D eigenvalue weighted by atomic mass is 10.0. The first-order valence-electron chi connectivity index (χ1n) is 8.29. The molecule has 2 atom stereocenters. The molecule has 0 aromatic heterocycles. The Bertz CT molecular complexity index is 613. The quantitative estimate of drug-likeness (QED) is 0.922. The van der Waals surface area contributed by atoms with Crippen LogP contribution in [0.2, 0.25) is 0 Å². The van der Waals surface area contributed by atoms with E-state index >= 15 is 0 Å². The van der Waals surface area contributed by atoms with E-state index in [0.29, 0.717) is 23.3 Å². The molecule has 2 amide bonds. The smallest absolute Gasteiger partial charge is 0.255 e. The number of benzene rings is 1. The molecule has 4 nitrogen and oxygen atoms in total. The van der Waals surface area contributed by atoms with Gasteiger partial charge in [-0.3, -0.25) is 9.59 Å². The predicted octanol–water partition coefficient (Wildman–Crippen LogP) is 2.81. The molecule has 1 aromatic carbocycles. The van der Waals surface area contributed by atoms with Crippen molar-refractivity contribution < 1.29 is 9.59 Å². The third-order valence-corrected chi connectivity index (χ3v) is 6.06. The first-order chi connectivity index (χ1) is 11.0. The van der Waals surface area contributed by atoms with Gasteiger partial charge in [0, 0.05) is 17.4 Å². The summed E-state index contributed by atoms with van der Waals surface area (Å²) in [6.45, 7) is 6.16. The molecule has 3 rings (SSSR count). The van der Waals surface area contributed by atoms with Crippen LogP contribution in [0.25, 0.3) is 0 Å². The minimum Gasteiger partial charge on any atom is -0.352 e.